The summed E-state index contributed by atoms with van der Waals surface area (Å²) < 4.78 is 0.670. The first-order chi connectivity index (χ1) is 6.61. The predicted octanol–water partition coefficient (Wildman–Crippen LogP) is 2.15. The molecule has 0 saturated heterocycles. The third-order valence-corrected chi connectivity index (χ3v) is 3.41. The molecule has 0 unspecified atom stereocenters. The predicted molar refractivity (Wildman–Crippen MR) is 61.1 cm³/mol. The van der Waals surface area contributed by atoms with Gasteiger partial charge in [0.25, 0.3) is 5.69 Å². The Balaban J connectivity index is 2.68. The molecule has 2 rings (SSSR count). The molecule has 0 bridgehead atoms. The van der Waals surface area contributed by atoms with Gasteiger partial charge in [-0.15, -0.1) is 0 Å². The van der Waals surface area contributed by atoms with Crippen LogP contribution < -0.4 is 5.73 Å². The lowest BCUT2D eigenvalue weighted by Gasteiger charge is -2.06. The smallest absolute Gasteiger partial charge is 0.287 e. The van der Waals surface area contributed by atoms with Gasteiger partial charge in [-0.3, -0.25) is 10.1 Å². The van der Waals surface area contributed by atoms with Gasteiger partial charge in [0.2, 0.25) is 0 Å². The van der Waals surface area contributed by atoms with Crippen LogP contribution in [0.2, 0.25) is 0 Å². The monoisotopic (exact) mass is 304 g/mol. The van der Waals surface area contributed by atoms with Crippen molar-refractivity contribution in [3.8, 4) is 0 Å². The summed E-state index contributed by atoms with van der Waals surface area (Å²) in [6.07, 6.45) is 1.67. The highest BCUT2D eigenvalue weighted by atomic mass is 127. The molecule has 1 aromatic rings. The number of nitrogens with zero attached hydrogens (tertiary/aromatic N) is 1. The lowest BCUT2D eigenvalue weighted by molar-refractivity contribution is -0.386. The van der Waals surface area contributed by atoms with E-state index in [0.29, 0.717) is 3.57 Å². The Labute approximate surface area is 94.8 Å². The molecule has 0 amide bonds. The van der Waals surface area contributed by atoms with E-state index >= 15 is 0 Å². The average Bonchev–Trinajstić information content (AvgIpc) is 2.47. The van der Waals surface area contributed by atoms with Gasteiger partial charge in [0.1, 0.15) is 0 Å². The highest BCUT2D eigenvalue weighted by Crippen LogP contribution is 2.38. The molecule has 14 heavy (non-hydrogen) atoms. The summed E-state index contributed by atoms with van der Waals surface area (Å²) in [6, 6.07) is 3.56. The van der Waals surface area contributed by atoms with Gasteiger partial charge in [0.05, 0.1) is 14.1 Å². The Morgan fingerprint density at radius 1 is 1.57 bits per heavy atom. The van der Waals surface area contributed by atoms with Crippen molar-refractivity contribution in [2.45, 2.75) is 18.9 Å². The van der Waals surface area contributed by atoms with E-state index < -0.39 is 0 Å². The quantitative estimate of drug-likeness (QED) is 0.491. The zero-order valence-corrected chi connectivity index (χ0v) is 9.52. The molecule has 1 aromatic carbocycles. The van der Waals surface area contributed by atoms with Crippen molar-refractivity contribution in [2.24, 2.45) is 5.73 Å². The minimum atomic E-state index is -0.328. The molecule has 1 aliphatic rings. The van der Waals surface area contributed by atoms with Gasteiger partial charge >= 0.3 is 0 Å². The number of aryl methyl sites for hydroxylation is 1. The zero-order chi connectivity index (χ0) is 10.3. The lowest BCUT2D eigenvalue weighted by atomic mass is 10.1. The second-order valence-electron chi connectivity index (χ2n) is 3.37. The molecular weight excluding hydrogens is 295 g/mol. The number of hydrogen-bond donors (Lipinski definition) is 1. The van der Waals surface area contributed by atoms with Crippen LogP contribution in [0.5, 0.6) is 0 Å². The zero-order valence-electron chi connectivity index (χ0n) is 7.37. The van der Waals surface area contributed by atoms with E-state index in [0.717, 1.165) is 24.0 Å². The Bertz CT molecular complexity index is 406. The minimum absolute atomic E-state index is 0.167. The van der Waals surface area contributed by atoms with Crippen molar-refractivity contribution < 1.29 is 4.92 Å². The number of nitro groups is 1. The fraction of sp³-hybridized carbons (Fsp3) is 0.333. The summed E-state index contributed by atoms with van der Waals surface area (Å²) in [7, 11) is 0. The molecule has 4 nitrogen and oxygen atoms in total. The summed E-state index contributed by atoms with van der Waals surface area (Å²) in [5, 5.41) is 10.9. The van der Waals surface area contributed by atoms with E-state index in [9.17, 15) is 10.1 Å². The van der Waals surface area contributed by atoms with E-state index in [4.69, 9.17) is 5.73 Å². The highest BCUT2D eigenvalue weighted by Gasteiger charge is 2.30. The average molecular weight is 304 g/mol. The Morgan fingerprint density at radius 2 is 2.29 bits per heavy atom. The molecule has 1 aliphatic carbocycles. The van der Waals surface area contributed by atoms with Crippen LogP contribution >= 0.6 is 22.6 Å². The number of fused-ring (bicyclic) bond motifs is 1. The lowest BCUT2D eigenvalue weighted by Crippen LogP contribution is -2.09. The number of rotatable bonds is 1. The molecule has 2 N–H and O–H groups in total. The number of hydrogen-bond acceptors (Lipinski definition) is 3. The van der Waals surface area contributed by atoms with Crippen LogP contribution in [0.15, 0.2) is 12.1 Å². The molecule has 5 heteroatoms. The summed E-state index contributed by atoms with van der Waals surface area (Å²) in [5.74, 6) is 0. The maximum Gasteiger partial charge on any atom is 0.287 e. The van der Waals surface area contributed by atoms with Crippen LogP contribution in [-0.4, -0.2) is 4.92 Å². The maximum atomic E-state index is 10.9. The SMILES string of the molecule is N[C@H]1CCc2ccc(I)c([N+](=O)[O-])c21. The first-order valence-electron chi connectivity index (χ1n) is 4.32. The normalized spacial score (nSPS) is 19.4. The van der Waals surface area contributed by atoms with Crippen molar-refractivity contribution in [1.82, 2.24) is 0 Å². The van der Waals surface area contributed by atoms with E-state index in [1.165, 1.54) is 0 Å². The van der Waals surface area contributed by atoms with Crippen molar-refractivity contribution >= 4 is 28.3 Å². The van der Waals surface area contributed by atoms with Crippen LogP contribution in [0.4, 0.5) is 5.69 Å². The third kappa shape index (κ3) is 1.40. The fourth-order valence-corrected chi connectivity index (χ4v) is 2.56. The number of benzene rings is 1. The molecule has 0 heterocycles. The van der Waals surface area contributed by atoms with Gasteiger partial charge < -0.3 is 5.73 Å². The van der Waals surface area contributed by atoms with Gasteiger partial charge in [0, 0.05) is 6.04 Å². The first kappa shape index (κ1) is 9.85. The van der Waals surface area contributed by atoms with Gasteiger partial charge in [-0.2, -0.15) is 0 Å². The Hall–Kier alpha value is -0.690. The standard InChI is InChI=1S/C9H9IN2O2/c10-6-3-1-5-2-4-7(11)8(5)9(6)12(13)14/h1,3,7H,2,4,11H2/t7-/m0/s1. The summed E-state index contributed by atoms with van der Waals surface area (Å²) in [4.78, 5) is 10.5. The van der Waals surface area contributed by atoms with E-state index in [1.807, 2.05) is 28.7 Å². The largest absolute Gasteiger partial charge is 0.324 e. The maximum absolute atomic E-state index is 10.9. The summed E-state index contributed by atoms with van der Waals surface area (Å²) >= 11 is 1.98. The van der Waals surface area contributed by atoms with Crippen molar-refractivity contribution in [1.29, 1.82) is 0 Å². The Morgan fingerprint density at radius 3 is 2.93 bits per heavy atom. The van der Waals surface area contributed by atoms with Crippen LogP contribution in [0.3, 0.4) is 0 Å². The van der Waals surface area contributed by atoms with Gasteiger partial charge in [-0.05, 0) is 47.1 Å². The number of nitro benzene ring substituents is 1. The van der Waals surface area contributed by atoms with Crippen molar-refractivity contribution in [3.05, 3.63) is 36.9 Å². The second-order valence-corrected chi connectivity index (χ2v) is 4.53. The molecule has 0 radical (unpaired) electrons. The van der Waals surface area contributed by atoms with E-state index in [1.54, 1.807) is 6.07 Å². The highest BCUT2D eigenvalue weighted by molar-refractivity contribution is 14.1. The van der Waals surface area contributed by atoms with Gasteiger partial charge in [-0.25, -0.2) is 0 Å². The van der Waals surface area contributed by atoms with E-state index in [2.05, 4.69) is 0 Å². The molecule has 74 valence electrons. The van der Waals surface area contributed by atoms with Crippen LogP contribution in [0.1, 0.15) is 23.6 Å². The first-order valence-corrected chi connectivity index (χ1v) is 5.40. The third-order valence-electron chi connectivity index (χ3n) is 2.54. The summed E-state index contributed by atoms with van der Waals surface area (Å²) in [5.41, 5.74) is 7.82. The summed E-state index contributed by atoms with van der Waals surface area (Å²) in [6.45, 7) is 0. The van der Waals surface area contributed by atoms with Crippen LogP contribution in [0.25, 0.3) is 0 Å². The minimum Gasteiger partial charge on any atom is -0.324 e. The van der Waals surface area contributed by atoms with Gasteiger partial charge in [0.15, 0.2) is 0 Å². The van der Waals surface area contributed by atoms with Crippen LogP contribution in [-0.2, 0) is 6.42 Å². The topological polar surface area (TPSA) is 69.2 Å². The molecule has 1 atom stereocenters. The fourth-order valence-electron chi connectivity index (χ4n) is 1.90. The Kier molecular flexibility index (Phi) is 2.44. The molecular formula is C9H9IN2O2. The molecule has 0 aliphatic heterocycles. The van der Waals surface area contributed by atoms with Crippen molar-refractivity contribution in [2.75, 3.05) is 0 Å². The number of nitrogens with two attached hydrogens (primary N) is 1. The second kappa shape index (κ2) is 3.47. The molecule has 0 saturated carbocycles. The van der Waals surface area contributed by atoms with E-state index in [-0.39, 0.29) is 16.7 Å². The number of halogens is 1. The molecule has 0 aromatic heterocycles. The van der Waals surface area contributed by atoms with Crippen molar-refractivity contribution in [3.63, 3.8) is 0 Å². The molecule has 0 spiro atoms. The van der Waals surface area contributed by atoms with Gasteiger partial charge in [-0.1, -0.05) is 6.07 Å². The van der Waals surface area contributed by atoms with Crippen LogP contribution in [0, 0.1) is 13.7 Å². The molecule has 0 fully saturated rings.